The van der Waals surface area contributed by atoms with Gasteiger partial charge in [-0.05, 0) is 82.3 Å². The fourth-order valence-electron chi connectivity index (χ4n) is 7.90. The van der Waals surface area contributed by atoms with Crippen LogP contribution in [0.1, 0.15) is 35.0 Å². The second-order valence-electron chi connectivity index (χ2n) is 13.2. The first-order valence-corrected chi connectivity index (χ1v) is 21.0. The number of aryl methyl sites for hydroxylation is 2. The highest BCUT2D eigenvalue weighted by Crippen LogP contribution is 2.52. The maximum absolute atomic E-state index is 12.5. The molecule has 0 spiro atoms. The molecule has 9 rings (SSSR count). The predicted molar refractivity (Wildman–Crippen MR) is 210 cm³/mol. The highest BCUT2D eigenvalue weighted by Gasteiger charge is 2.45. The fourth-order valence-corrected chi connectivity index (χ4v) is 11.6. The van der Waals surface area contributed by atoms with Gasteiger partial charge in [-0.3, -0.25) is 9.59 Å². The molecule has 0 fully saturated rings. The molecule has 0 saturated heterocycles. The van der Waals surface area contributed by atoms with Gasteiger partial charge < -0.3 is 10.2 Å². The van der Waals surface area contributed by atoms with Crippen LogP contribution in [0, 0.1) is 0 Å². The Hall–Kier alpha value is -4.24. The summed E-state index contributed by atoms with van der Waals surface area (Å²) in [5.74, 6) is 0. The number of rotatable bonds is 10. The van der Waals surface area contributed by atoms with Crippen molar-refractivity contribution in [3.63, 3.8) is 0 Å². The van der Waals surface area contributed by atoms with Gasteiger partial charge in [0.2, 0.25) is 5.52 Å². The molecule has 2 aliphatic rings. The Morgan fingerprint density at radius 2 is 1.43 bits per heavy atom. The van der Waals surface area contributed by atoms with E-state index in [0.29, 0.717) is 24.8 Å². The Kier molecular flexibility index (Phi) is 9.25. The average molecular weight is 777 g/mol. The van der Waals surface area contributed by atoms with Gasteiger partial charge in [0.1, 0.15) is 4.70 Å². The van der Waals surface area contributed by atoms with E-state index in [9.17, 15) is 18.2 Å². The zero-order chi connectivity index (χ0) is 36.1. The van der Waals surface area contributed by atoms with E-state index < -0.39 is 10.1 Å². The predicted octanol–water partition coefficient (Wildman–Crippen LogP) is 9.07. The van der Waals surface area contributed by atoms with Crippen molar-refractivity contribution in [3.05, 3.63) is 142 Å². The lowest BCUT2D eigenvalue weighted by Crippen LogP contribution is -2.51. The Morgan fingerprint density at radius 1 is 0.792 bits per heavy atom. The number of anilines is 1. The number of aromatic nitrogens is 1. The molecule has 3 heterocycles. The van der Waals surface area contributed by atoms with Crippen molar-refractivity contribution in [3.8, 4) is 0 Å². The van der Waals surface area contributed by atoms with Crippen molar-refractivity contribution in [2.75, 3.05) is 4.90 Å². The summed E-state index contributed by atoms with van der Waals surface area (Å²) in [7, 11) is -4.42. The Bertz CT molecular complexity index is 2680. The van der Waals surface area contributed by atoms with Crippen molar-refractivity contribution in [2.45, 2.75) is 52.5 Å². The quantitative estimate of drug-likeness (QED) is 0.0479. The summed E-state index contributed by atoms with van der Waals surface area (Å²) in [4.78, 5) is 4.38. The molecule has 7 aromatic rings. The zero-order valence-corrected chi connectivity index (χ0v) is 31.4. The molecule has 1 aromatic heterocycles. The zero-order valence-electron chi connectivity index (χ0n) is 28.1. The van der Waals surface area contributed by atoms with Crippen LogP contribution in [0.2, 0.25) is 0 Å². The second kappa shape index (κ2) is 14.2. The smallest absolute Gasteiger partial charge is 0.294 e. The third-order valence-electron chi connectivity index (χ3n) is 10.2. The molecule has 0 saturated carbocycles. The molecule has 2 unspecified atom stereocenters. The van der Waals surface area contributed by atoms with E-state index in [1.165, 1.54) is 26.4 Å². The molecule has 12 heteroatoms. The Morgan fingerprint density at radius 3 is 2.19 bits per heavy atom. The summed E-state index contributed by atoms with van der Waals surface area (Å²) >= 11 is 4.45. The first-order chi connectivity index (χ1) is 25.9. The van der Waals surface area contributed by atoms with E-state index in [-0.39, 0.29) is 17.0 Å². The van der Waals surface area contributed by atoms with E-state index in [2.05, 4.69) is 93.4 Å². The molecule has 0 aliphatic carbocycles. The van der Waals surface area contributed by atoms with Crippen molar-refractivity contribution < 1.29 is 32.2 Å². The number of fused-ring (bicyclic) bond motifs is 8. The summed E-state index contributed by atoms with van der Waals surface area (Å²) in [6.45, 7) is 0. The molecule has 0 radical (unpaired) electrons. The van der Waals surface area contributed by atoms with E-state index in [1.807, 2.05) is 30.3 Å². The molecule has 8 nitrogen and oxygen atoms in total. The van der Waals surface area contributed by atoms with Gasteiger partial charge in [-0.25, -0.2) is 0 Å². The van der Waals surface area contributed by atoms with Crippen LogP contribution >= 0.6 is 35.1 Å². The van der Waals surface area contributed by atoms with Gasteiger partial charge in [-0.1, -0.05) is 108 Å². The van der Waals surface area contributed by atoms with Crippen molar-refractivity contribution in [1.82, 2.24) is 0 Å². The minimum atomic E-state index is -4.42. The standard InChI is InChI=1S/C41H32N2O6S4/c44-48-49-52-36-15-7-5-9-26(36)17-19-32-33(20-18-27-10-6-8-16-39(27)53(45,46)47)43-35-22-29-12-2-4-14-31(29)24-38(35)51-41(43)25-40-42(32)34-21-28-11-1-3-13-30(28)23-37(34)50-40/h1-16,21-25,32-33H,17-20H2,(H-,44,45,46,47). The summed E-state index contributed by atoms with van der Waals surface area (Å²) in [5.41, 5.74) is 3.87. The molecule has 0 bridgehead atoms. The summed E-state index contributed by atoms with van der Waals surface area (Å²) in [6, 6.07) is 40.3. The van der Waals surface area contributed by atoms with Gasteiger partial charge in [0.05, 0.1) is 39.8 Å². The molecule has 1 N–H and O–H groups in total. The van der Waals surface area contributed by atoms with Crippen LogP contribution in [-0.2, 0) is 32.3 Å². The van der Waals surface area contributed by atoms with Crippen molar-refractivity contribution in [1.29, 1.82) is 0 Å². The Balaban J connectivity index is 1.24. The molecule has 2 atom stereocenters. The van der Waals surface area contributed by atoms with Gasteiger partial charge in [0.25, 0.3) is 15.1 Å². The highest BCUT2D eigenvalue weighted by molar-refractivity contribution is 8.04. The van der Waals surface area contributed by atoms with Crippen LogP contribution in [0.4, 0.5) is 5.69 Å². The van der Waals surface area contributed by atoms with E-state index in [4.69, 9.17) is 4.33 Å². The monoisotopic (exact) mass is 776 g/mol. The lowest BCUT2D eigenvalue weighted by molar-refractivity contribution is -0.777. The molecule has 53 heavy (non-hydrogen) atoms. The summed E-state index contributed by atoms with van der Waals surface area (Å²) in [6.07, 6.45) is 4.74. The molecule has 266 valence electrons. The molecule has 6 aromatic carbocycles. The molecule has 0 amide bonds. The van der Waals surface area contributed by atoms with Crippen LogP contribution in [-0.4, -0.2) is 19.0 Å². The third-order valence-corrected chi connectivity index (χ3v) is 14.0. The number of thioether (sulfide) groups is 1. The average Bonchev–Trinajstić information content (AvgIpc) is 3.65. The summed E-state index contributed by atoms with van der Waals surface area (Å²) in [5, 5.41) is 21.4. The van der Waals surface area contributed by atoms with Crippen LogP contribution < -0.4 is 14.7 Å². The lowest BCUT2D eigenvalue weighted by atomic mass is 9.92. The van der Waals surface area contributed by atoms with Crippen LogP contribution in [0.25, 0.3) is 37.8 Å². The minimum absolute atomic E-state index is 0.0598. The SMILES string of the molecule is O=S(=O)(O)c1ccccc1CCC1C(CCc2ccccc2SOO[O-])[n+]2c(sc3cc4ccccc4cc32)C=C2Sc3cc4ccccc4cc3N21. The maximum Gasteiger partial charge on any atom is 0.294 e. The molecular formula is C41H32N2O6S4. The van der Waals surface area contributed by atoms with Gasteiger partial charge in [-0.2, -0.15) is 17.3 Å². The minimum Gasteiger partial charge on any atom is -0.691 e. The lowest BCUT2D eigenvalue weighted by Gasteiger charge is -2.33. The highest BCUT2D eigenvalue weighted by atomic mass is 32.2. The summed E-state index contributed by atoms with van der Waals surface area (Å²) < 4.78 is 43.7. The second-order valence-corrected chi connectivity index (χ2v) is 17.5. The van der Waals surface area contributed by atoms with E-state index in [1.54, 1.807) is 35.2 Å². The number of hydrogen-bond donors (Lipinski definition) is 1. The Labute approximate surface area is 319 Å². The first-order valence-electron chi connectivity index (χ1n) is 17.2. The number of thiazole rings is 1. The van der Waals surface area contributed by atoms with Gasteiger partial charge >= 0.3 is 0 Å². The van der Waals surface area contributed by atoms with Crippen LogP contribution in [0.15, 0.2) is 141 Å². The maximum atomic E-state index is 12.5. The van der Waals surface area contributed by atoms with Crippen LogP contribution in [0.3, 0.4) is 0 Å². The van der Waals surface area contributed by atoms with Gasteiger partial charge in [-0.15, -0.1) is 0 Å². The number of hydrogen-bond acceptors (Lipinski definition) is 9. The van der Waals surface area contributed by atoms with Crippen molar-refractivity contribution in [2.24, 2.45) is 0 Å². The largest absolute Gasteiger partial charge is 0.691 e. The first kappa shape index (κ1) is 34.5. The fraction of sp³-hybridized carbons (Fsp3) is 0.146. The number of benzene rings is 6. The van der Waals surface area contributed by atoms with Crippen LogP contribution in [0.5, 0.6) is 0 Å². The molecule has 2 aliphatic heterocycles. The molecular weight excluding hydrogens is 745 g/mol. The van der Waals surface area contributed by atoms with Gasteiger partial charge in [0.15, 0.2) is 6.04 Å². The van der Waals surface area contributed by atoms with E-state index >= 15 is 0 Å². The third kappa shape index (κ3) is 6.53. The number of nitrogens with zero attached hydrogens (tertiary/aromatic N) is 2. The topological polar surface area (TPSA) is 103 Å². The van der Waals surface area contributed by atoms with Gasteiger partial charge in [0, 0.05) is 22.3 Å². The van der Waals surface area contributed by atoms with E-state index in [0.717, 1.165) is 60.9 Å². The normalized spacial score (nSPS) is 16.8. The van der Waals surface area contributed by atoms with Crippen molar-refractivity contribution >= 4 is 88.8 Å².